The van der Waals surface area contributed by atoms with E-state index in [1.165, 1.54) is 10.9 Å². The number of benzene rings is 1. The van der Waals surface area contributed by atoms with Gasteiger partial charge >= 0.3 is 0 Å². The Balaban J connectivity index is 1.46. The molecule has 0 atom stereocenters. The Labute approximate surface area is 156 Å². The highest BCUT2D eigenvalue weighted by Crippen LogP contribution is 2.20. The van der Waals surface area contributed by atoms with Crippen LogP contribution in [-0.2, 0) is 13.1 Å². The number of hydrogen-bond donors (Lipinski definition) is 1. The summed E-state index contributed by atoms with van der Waals surface area (Å²) < 4.78 is 1.44. The van der Waals surface area contributed by atoms with Crippen LogP contribution in [0.25, 0.3) is 10.9 Å². The Hall–Kier alpha value is -2.84. The van der Waals surface area contributed by atoms with Gasteiger partial charge in [-0.2, -0.15) is 10.2 Å². The van der Waals surface area contributed by atoms with E-state index < -0.39 is 0 Å². The van der Waals surface area contributed by atoms with Crippen LogP contribution in [0.4, 0.5) is 5.69 Å². The first-order chi connectivity index (χ1) is 13.2. The lowest BCUT2D eigenvalue weighted by Gasteiger charge is -2.35. The van der Waals surface area contributed by atoms with Crippen molar-refractivity contribution >= 4 is 16.6 Å². The number of fused-ring (bicyclic) bond motifs is 1. The van der Waals surface area contributed by atoms with Gasteiger partial charge in [0.25, 0.3) is 5.56 Å². The van der Waals surface area contributed by atoms with Crippen LogP contribution in [0.5, 0.6) is 0 Å². The van der Waals surface area contributed by atoms with Crippen LogP contribution in [0.15, 0.2) is 47.7 Å². The molecule has 0 saturated carbocycles. The quantitative estimate of drug-likeness (QED) is 0.704. The van der Waals surface area contributed by atoms with Crippen LogP contribution in [0.1, 0.15) is 5.69 Å². The third-order valence-corrected chi connectivity index (χ3v) is 4.90. The predicted molar refractivity (Wildman–Crippen MR) is 103 cm³/mol. The summed E-state index contributed by atoms with van der Waals surface area (Å²) in [4.78, 5) is 21.5. The number of piperazine rings is 1. The first-order valence-corrected chi connectivity index (χ1v) is 9.08. The number of nitrogens with zero attached hydrogens (tertiary/aromatic N) is 6. The van der Waals surface area contributed by atoms with E-state index in [2.05, 4.69) is 25.0 Å². The molecule has 4 rings (SSSR count). The van der Waals surface area contributed by atoms with Gasteiger partial charge in [0.05, 0.1) is 36.1 Å². The summed E-state index contributed by atoms with van der Waals surface area (Å²) in [7, 11) is 0. The standard InChI is InChI=1S/C19H22N6O2/c26-11-10-25-14-20-18-12-16(3-4-17(18)19(25)27)24-8-6-23(7-9-24)13-15-2-1-5-21-22-15/h1-5,12,14,26H,6-11,13H2. The molecule has 27 heavy (non-hydrogen) atoms. The third-order valence-electron chi connectivity index (χ3n) is 4.90. The molecule has 0 spiro atoms. The lowest BCUT2D eigenvalue weighted by molar-refractivity contribution is 0.246. The summed E-state index contributed by atoms with van der Waals surface area (Å²) in [5.41, 5.74) is 2.64. The summed E-state index contributed by atoms with van der Waals surface area (Å²) >= 11 is 0. The van der Waals surface area contributed by atoms with Crippen molar-refractivity contribution < 1.29 is 5.11 Å². The predicted octanol–water partition coefficient (Wildman–Crippen LogP) is 0.501. The minimum absolute atomic E-state index is 0.0793. The van der Waals surface area contributed by atoms with Gasteiger partial charge in [-0.05, 0) is 30.3 Å². The third kappa shape index (κ3) is 3.81. The molecule has 0 radical (unpaired) electrons. The van der Waals surface area contributed by atoms with Gasteiger partial charge in [0, 0.05) is 44.6 Å². The monoisotopic (exact) mass is 366 g/mol. The number of anilines is 1. The molecule has 8 nitrogen and oxygen atoms in total. The van der Waals surface area contributed by atoms with E-state index in [9.17, 15) is 4.79 Å². The Morgan fingerprint density at radius 2 is 1.96 bits per heavy atom. The maximum absolute atomic E-state index is 12.4. The smallest absolute Gasteiger partial charge is 0.261 e. The number of aliphatic hydroxyl groups is 1. The van der Waals surface area contributed by atoms with Gasteiger partial charge in [0.15, 0.2) is 0 Å². The molecule has 1 aromatic carbocycles. The first-order valence-electron chi connectivity index (χ1n) is 9.08. The second-order valence-electron chi connectivity index (χ2n) is 6.65. The van der Waals surface area contributed by atoms with Crippen molar-refractivity contribution in [2.75, 3.05) is 37.7 Å². The van der Waals surface area contributed by atoms with Crippen LogP contribution in [-0.4, -0.2) is 62.5 Å². The Morgan fingerprint density at radius 3 is 2.70 bits per heavy atom. The Morgan fingerprint density at radius 1 is 1.11 bits per heavy atom. The summed E-state index contributed by atoms with van der Waals surface area (Å²) in [6, 6.07) is 9.69. The fraction of sp³-hybridized carbons (Fsp3) is 0.368. The van der Waals surface area contributed by atoms with Crippen molar-refractivity contribution in [3.63, 3.8) is 0 Å². The summed E-state index contributed by atoms with van der Waals surface area (Å²) in [5, 5.41) is 17.7. The molecule has 1 aliphatic heterocycles. The highest BCUT2D eigenvalue weighted by Gasteiger charge is 2.18. The topological polar surface area (TPSA) is 87.4 Å². The molecule has 2 aromatic heterocycles. The average Bonchev–Trinajstić information content (AvgIpc) is 2.71. The van der Waals surface area contributed by atoms with E-state index in [0.717, 1.165) is 44.1 Å². The van der Waals surface area contributed by atoms with Crippen LogP contribution in [0, 0.1) is 0 Å². The van der Waals surface area contributed by atoms with E-state index in [1.807, 2.05) is 30.3 Å². The number of aromatic nitrogens is 4. The number of rotatable bonds is 5. The SMILES string of the molecule is O=c1c2ccc(N3CCN(Cc4cccnn4)CC3)cc2ncn1CCO. The maximum atomic E-state index is 12.4. The molecular formula is C19H22N6O2. The van der Waals surface area contributed by atoms with E-state index in [0.29, 0.717) is 10.9 Å². The highest BCUT2D eigenvalue weighted by molar-refractivity contribution is 5.81. The van der Waals surface area contributed by atoms with Crippen molar-refractivity contribution in [1.82, 2.24) is 24.6 Å². The lowest BCUT2D eigenvalue weighted by atomic mass is 10.2. The average molecular weight is 366 g/mol. The van der Waals surface area contributed by atoms with E-state index >= 15 is 0 Å². The van der Waals surface area contributed by atoms with Crippen molar-refractivity contribution in [2.24, 2.45) is 0 Å². The van der Waals surface area contributed by atoms with Crippen molar-refractivity contribution in [3.05, 3.63) is 58.9 Å². The molecule has 8 heteroatoms. The van der Waals surface area contributed by atoms with Crippen molar-refractivity contribution in [1.29, 1.82) is 0 Å². The minimum atomic E-state index is -0.116. The van der Waals surface area contributed by atoms with Crippen LogP contribution >= 0.6 is 0 Å². The van der Waals surface area contributed by atoms with Crippen LogP contribution < -0.4 is 10.5 Å². The number of aliphatic hydroxyl groups excluding tert-OH is 1. The van der Waals surface area contributed by atoms with Crippen molar-refractivity contribution in [2.45, 2.75) is 13.1 Å². The van der Waals surface area contributed by atoms with E-state index in [1.54, 1.807) is 6.20 Å². The van der Waals surface area contributed by atoms with Gasteiger partial charge in [-0.25, -0.2) is 4.98 Å². The lowest BCUT2D eigenvalue weighted by Crippen LogP contribution is -2.46. The summed E-state index contributed by atoms with van der Waals surface area (Å²) in [5.74, 6) is 0. The fourth-order valence-electron chi connectivity index (χ4n) is 3.42. The zero-order chi connectivity index (χ0) is 18.6. The highest BCUT2D eigenvalue weighted by atomic mass is 16.3. The number of hydrogen-bond acceptors (Lipinski definition) is 7. The minimum Gasteiger partial charge on any atom is -0.395 e. The largest absolute Gasteiger partial charge is 0.395 e. The Kier molecular flexibility index (Phi) is 5.08. The normalized spacial score (nSPS) is 15.4. The molecule has 140 valence electrons. The second-order valence-corrected chi connectivity index (χ2v) is 6.65. The van der Waals surface area contributed by atoms with Gasteiger partial charge in [0.2, 0.25) is 0 Å². The Bertz CT molecular complexity index is 967. The van der Waals surface area contributed by atoms with Gasteiger partial charge in [0.1, 0.15) is 0 Å². The van der Waals surface area contributed by atoms with E-state index in [4.69, 9.17) is 5.11 Å². The molecule has 1 fully saturated rings. The van der Waals surface area contributed by atoms with Gasteiger partial charge in [-0.15, -0.1) is 0 Å². The van der Waals surface area contributed by atoms with Crippen LogP contribution in [0.2, 0.25) is 0 Å². The molecule has 0 bridgehead atoms. The molecular weight excluding hydrogens is 344 g/mol. The second kappa shape index (κ2) is 7.81. The summed E-state index contributed by atoms with van der Waals surface area (Å²) in [6.45, 7) is 4.70. The fourth-order valence-corrected chi connectivity index (χ4v) is 3.42. The van der Waals surface area contributed by atoms with Crippen molar-refractivity contribution in [3.8, 4) is 0 Å². The zero-order valence-electron chi connectivity index (χ0n) is 15.0. The molecule has 1 N–H and O–H groups in total. The molecule has 1 saturated heterocycles. The summed E-state index contributed by atoms with van der Waals surface area (Å²) in [6.07, 6.45) is 3.19. The molecule has 3 heterocycles. The van der Waals surface area contributed by atoms with Gasteiger partial charge < -0.3 is 10.0 Å². The van der Waals surface area contributed by atoms with Crippen LogP contribution in [0.3, 0.4) is 0 Å². The van der Waals surface area contributed by atoms with Gasteiger partial charge in [-0.3, -0.25) is 14.3 Å². The molecule has 3 aromatic rings. The van der Waals surface area contributed by atoms with Gasteiger partial charge in [-0.1, -0.05) is 0 Å². The first kappa shape index (κ1) is 17.6. The molecule has 0 unspecified atom stereocenters. The zero-order valence-corrected chi connectivity index (χ0v) is 15.0. The maximum Gasteiger partial charge on any atom is 0.261 e. The molecule has 0 aliphatic carbocycles. The molecule has 0 amide bonds. The molecule has 1 aliphatic rings. The van der Waals surface area contributed by atoms with E-state index in [-0.39, 0.29) is 18.7 Å².